The highest BCUT2D eigenvalue weighted by atomic mass is 16.2. The Hall–Kier alpha value is -1.84. The van der Waals surface area contributed by atoms with Crippen molar-refractivity contribution < 1.29 is 9.59 Å². The van der Waals surface area contributed by atoms with Gasteiger partial charge in [-0.05, 0) is 37.2 Å². The third-order valence-electron chi connectivity index (χ3n) is 5.89. The maximum absolute atomic E-state index is 12.8. The van der Waals surface area contributed by atoms with Crippen molar-refractivity contribution in [3.63, 3.8) is 0 Å². The monoisotopic (exact) mass is 356 g/mol. The van der Waals surface area contributed by atoms with Crippen LogP contribution in [0.5, 0.6) is 0 Å². The van der Waals surface area contributed by atoms with Gasteiger partial charge in [-0.1, -0.05) is 50.1 Å². The average Bonchev–Trinajstić information content (AvgIpc) is 3.04. The van der Waals surface area contributed by atoms with Gasteiger partial charge in [0.05, 0.1) is 5.92 Å². The number of hydrogen-bond donors (Lipinski definition) is 0. The first kappa shape index (κ1) is 18.9. The van der Waals surface area contributed by atoms with Crippen LogP contribution in [-0.2, 0) is 16.0 Å². The van der Waals surface area contributed by atoms with Gasteiger partial charge < -0.3 is 9.80 Å². The van der Waals surface area contributed by atoms with Gasteiger partial charge in [0.1, 0.15) is 0 Å². The Kier molecular flexibility index (Phi) is 6.70. The molecule has 2 heterocycles. The van der Waals surface area contributed by atoms with Gasteiger partial charge in [0, 0.05) is 32.6 Å². The first-order valence-corrected chi connectivity index (χ1v) is 10.3. The van der Waals surface area contributed by atoms with Crippen molar-refractivity contribution in [3.05, 3.63) is 35.9 Å². The molecule has 0 N–H and O–H groups in total. The van der Waals surface area contributed by atoms with Crippen molar-refractivity contribution in [3.8, 4) is 0 Å². The van der Waals surface area contributed by atoms with Gasteiger partial charge in [-0.15, -0.1) is 0 Å². The lowest BCUT2D eigenvalue weighted by Crippen LogP contribution is -2.42. The van der Waals surface area contributed by atoms with E-state index in [2.05, 4.69) is 37.3 Å². The van der Waals surface area contributed by atoms with E-state index in [9.17, 15) is 9.59 Å². The molecule has 142 valence electrons. The molecule has 0 aromatic heterocycles. The van der Waals surface area contributed by atoms with Crippen LogP contribution in [0.15, 0.2) is 30.3 Å². The van der Waals surface area contributed by atoms with Crippen LogP contribution < -0.4 is 0 Å². The van der Waals surface area contributed by atoms with Crippen LogP contribution in [0.25, 0.3) is 0 Å². The normalized spacial score (nSPS) is 21.4. The van der Waals surface area contributed by atoms with E-state index in [-0.39, 0.29) is 17.7 Å². The largest absolute Gasteiger partial charge is 0.342 e. The highest BCUT2D eigenvalue weighted by molar-refractivity contribution is 5.89. The van der Waals surface area contributed by atoms with Crippen molar-refractivity contribution in [2.45, 2.75) is 51.9 Å². The number of nitrogens with zero attached hydrogens (tertiary/aromatic N) is 2. The molecular weight excluding hydrogens is 324 g/mol. The van der Waals surface area contributed by atoms with Gasteiger partial charge in [-0.3, -0.25) is 9.59 Å². The van der Waals surface area contributed by atoms with Crippen LogP contribution in [0.2, 0.25) is 0 Å². The minimum Gasteiger partial charge on any atom is -0.342 e. The molecule has 0 radical (unpaired) electrons. The second-order valence-electron chi connectivity index (χ2n) is 7.91. The number of carbonyl (C=O) groups is 2. The van der Waals surface area contributed by atoms with Crippen LogP contribution in [0.3, 0.4) is 0 Å². The van der Waals surface area contributed by atoms with Gasteiger partial charge in [0.15, 0.2) is 0 Å². The summed E-state index contributed by atoms with van der Waals surface area (Å²) in [6, 6.07) is 10.6. The number of benzene rings is 1. The minimum absolute atomic E-state index is 0.116. The second-order valence-corrected chi connectivity index (χ2v) is 7.91. The summed E-state index contributed by atoms with van der Waals surface area (Å²) in [6.45, 7) is 5.30. The summed E-state index contributed by atoms with van der Waals surface area (Å²) in [6.07, 6.45) is 7.02. The number of likely N-dealkylation sites (tertiary alicyclic amines) is 2. The number of piperidine rings is 1. The van der Waals surface area contributed by atoms with Crippen LogP contribution in [0, 0.1) is 11.8 Å². The van der Waals surface area contributed by atoms with E-state index in [1.807, 2.05) is 9.80 Å². The van der Waals surface area contributed by atoms with E-state index in [0.717, 1.165) is 58.2 Å². The second kappa shape index (κ2) is 9.20. The van der Waals surface area contributed by atoms with Crippen molar-refractivity contribution in [1.82, 2.24) is 9.80 Å². The lowest BCUT2D eigenvalue weighted by atomic mass is 9.89. The van der Waals surface area contributed by atoms with Crippen molar-refractivity contribution >= 4 is 11.8 Å². The molecule has 1 aromatic rings. The molecule has 2 aliphatic heterocycles. The molecule has 26 heavy (non-hydrogen) atoms. The fraction of sp³-hybridized carbons (Fsp3) is 0.636. The number of amides is 2. The maximum Gasteiger partial charge on any atom is 0.227 e. The quantitative estimate of drug-likeness (QED) is 0.702. The molecule has 2 amide bonds. The molecule has 0 saturated carbocycles. The summed E-state index contributed by atoms with van der Waals surface area (Å²) in [5, 5.41) is 0. The van der Waals surface area contributed by atoms with E-state index in [1.165, 1.54) is 5.56 Å². The number of hydrogen-bond acceptors (Lipinski definition) is 2. The van der Waals surface area contributed by atoms with Crippen molar-refractivity contribution in [2.24, 2.45) is 11.8 Å². The topological polar surface area (TPSA) is 40.6 Å². The molecule has 3 rings (SSSR count). The zero-order valence-electron chi connectivity index (χ0n) is 16.0. The highest BCUT2D eigenvalue weighted by Gasteiger charge is 2.37. The smallest absolute Gasteiger partial charge is 0.227 e. The van der Waals surface area contributed by atoms with Crippen LogP contribution >= 0.6 is 0 Å². The van der Waals surface area contributed by atoms with Gasteiger partial charge in [0.25, 0.3) is 0 Å². The van der Waals surface area contributed by atoms with Crippen LogP contribution in [-0.4, -0.2) is 47.8 Å². The van der Waals surface area contributed by atoms with E-state index in [4.69, 9.17) is 0 Å². The third-order valence-corrected chi connectivity index (χ3v) is 5.89. The minimum atomic E-state index is -0.116. The highest BCUT2D eigenvalue weighted by Crippen LogP contribution is 2.26. The van der Waals surface area contributed by atoms with E-state index in [0.29, 0.717) is 18.9 Å². The van der Waals surface area contributed by atoms with Gasteiger partial charge >= 0.3 is 0 Å². The lowest BCUT2D eigenvalue weighted by Gasteiger charge is -2.33. The molecule has 1 aromatic carbocycles. The average molecular weight is 357 g/mol. The molecule has 1 atom stereocenters. The number of rotatable bonds is 7. The van der Waals surface area contributed by atoms with Crippen LogP contribution in [0.1, 0.15) is 51.0 Å². The van der Waals surface area contributed by atoms with Crippen LogP contribution in [0.4, 0.5) is 0 Å². The summed E-state index contributed by atoms with van der Waals surface area (Å²) < 4.78 is 0. The van der Waals surface area contributed by atoms with Gasteiger partial charge in [-0.25, -0.2) is 0 Å². The first-order valence-electron chi connectivity index (χ1n) is 10.3. The van der Waals surface area contributed by atoms with Gasteiger partial charge in [-0.2, -0.15) is 0 Å². The van der Waals surface area contributed by atoms with E-state index >= 15 is 0 Å². The fourth-order valence-electron chi connectivity index (χ4n) is 4.27. The van der Waals surface area contributed by atoms with E-state index in [1.54, 1.807) is 0 Å². The molecule has 4 heteroatoms. The Balaban J connectivity index is 1.44. The standard InChI is InChI=1S/C22H32N2O2/c1-2-3-7-12-24-17-20(16-21(24)25)22(26)23-13-10-19(11-14-23)15-18-8-5-4-6-9-18/h4-6,8-9,19-20H,2-3,7,10-17H2,1H3. The van der Waals surface area contributed by atoms with Crippen molar-refractivity contribution in [1.29, 1.82) is 0 Å². The summed E-state index contributed by atoms with van der Waals surface area (Å²) in [5.74, 6) is 0.917. The molecule has 2 fully saturated rings. The zero-order valence-corrected chi connectivity index (χ0v) is 16.0. The van der Waals surface area contributed by atoms with Gasteiger partial charge in [0.2, 0.25) is 11.8 Å². The predicted molar refractivity (Wildman–Crippen MR) is 104 cm³/mol. The SMILES string of the molecule is CCCCCN1CC(C(=O)N2CCC(Cc3ccccc3)CC2)CC1=O. The first-order chi connectivity index (χ1) is 12.7. The maximum atomic E-state index is 12.8. The zero-order chi connectivity index (χ0) is 18.4. The van der Waals surface area contributed by atoms with Crippen molar-refractivity contribution in [2.75, 3.05) is 26.2 Å². The lowest BCUT2D eigenvalue weighted by molar-refractivity contribution is -0.137. The molecule has 2 aliphatic rings. The molecule has 1 unspecified atom stereocenters. The summed E-state index contributed by atoms with van der Waals surface area (Å²) in [5.41, 5.74) is 1.39. The Morgan fingerprint density at radius 2 is 1.85 bits per heavy atom. The number of unbranched alkanes of at least 4 members (excludes halogenated alkanes) is 2. The predicted octanol–water partition coefficient (Wildman–Crippen LogP) is 3.51. The molecule has 4 nitrogen and oxygen atoms in total. The molecule has 0 spiro atoms. The molecule has 2 saturated heterocycles. The molecule has 0 aliphatic carbocycles. The fourth-order valence-corrected chi connectivity index (χ4v) is 4.27. The van der Waals surface area contributed by atoms with E-state index < -0.39 is 0 Å². The third kappa shape index (κ3) is 4.87. The summed E-state index contributed by atoms with van der Waals surface area (Å²) in [4.78, 5) is 28.9. The molecule has 0 bridgehead atoms. The molecular formula is C22H32N2O2. The Labute approximate surface area is 157 Å². The Morgan fingerprint density at radius 3 is 2.54 bits per heavy atom. The Bertz CT molecular complexity index is 593. The summed E-state index contributed by atoms with van der Waals surface area (Å²) >= 11 is 0. The number of carbonyl (C=O) groups excluding carboxylic acids is 2. The summed E-state index contributed by atoms with van der Waals surface area (Å²) in [7, 11) is 0. The Morgan fingerprint density at radius 1 is 1.12 bits per heavy atom.